The lowest BCUT2D eigenvalue weighted by Gasteiger charge is -2.36. The monoisotopic (exact) mass is 442 g/mol. The molecule has 0 bridgehead atoms. The highest BCUT2D eigenvalue weighted by molar-refractivity contribution is 7.17. The molecule has 2 amide bonds. The summed E-state index contributed by atoms with van der Waals surface area (Å²) in [6, 6.07) is 8.11. The number of aryl methyl sites for hydroxylation is 1. The van der Waals surface area contributed by atoms with Gasteiger partial charge in [0.1, 0.15) is 10.8 Å². The first-order valence-electron chi connectivity index (χ1n) is 10.9. The van der Waals surface area contributed by atoms with Crippen LogP contribution >= 0.6 is 11.3 Å². The minimum Gasteiger partial charge on any atom is -0.497 e. The van der Waals surface area contributed by atoms with Crippen molar-refractivity contribution in [1.29, 1.82) is 0 Å². The van der Waals surface area contributed by atoms with Crippen molar-refractivity contribution in [3.05, 3.63) is 40.3 Å². The Labute approximate surface area is 187 Å². The van der Waals surface area contributed by atoms with Gasteiger partial charge in [-0.05, 0) is 43.4 Å². The molecule has 0 unspecified atom stereocenters. The number of thiophene rings is 1. The van der Waals surface area contributed by atoms with Gasteiger partial charge in [0, 0.05) is 55.8 Å². The number of hydrogen-bond acceptors (Lipinski definition) is 6. The summed E-state index contributed by atoms with van der Waals surface area (Å²) in [6.07, 6.45) is 4.44. The Morgan fingerprint density at radius 3 is 2.68 bits per heavy atom. The SMILES string of the molecule is COc1cccc(N2CCN(CCC(=O)Nc3sc4c(c3C(N)=O)CCCC4)CC2)c1. The van der Waals surface area contributed by atoms with Crippen LogP contribution in [0, 0.1) is 0 Å². The predicted octanol–water partition coefficient (Wildman–Crippen LogP) is 2.89. The van der Waals surface area contributed by atoms with E-state index in [1.165, 1.54) is 16.2 Å². The van der Waals surface area contributed by atoms with Gasteiger partial charge in [-0.2, -0.15) is 0 Å². The number of nitrogens with zero attached hydrogens (tertiary/aromatic N) is 2. The number of hydrogen-bond donors (Lipinski definition) is 2. The molecular formula is C23H30N4O3S. The second-order valence-corrected chi connectivity index (χ2v) is 9.21. The van der Waals surface area contributed by atoms with Crippen molar-refractivity contribution in [2.75, 3.05) is 50.1 Å². The van der Waals surface area contributed by atoms with Gasteiger partial charge in [0.2, 0.25) is 5.91 Å². The summed E-state index contributed by atoms with van der Waals surface area (Å²) in [5.74, 6) is 0.363. The van der Waals surface area contributed by atoms with Gasteiger partial charge in [-0.3, -0.25) is 14.5 Å². The van der Waals surface area contributed by atoms with E-state index >= 15 is 0 Å². The fourth-order valence-electron chi connectivity index (χ4n) is 4.40. The van der Waals surface area contributed by atoms with Gasteiger partial charge in [0.05, 0.1) is 12.7 Å². The van der Waals surface area contributed by atoms with Crippen LogP contribution in [0.25, 0.3) is 0 Å². The number of carbonyl (C=O) groups is 2. The Bertz CT molecular complexity index is 950. The first-order valence-corrected chi connectivity index (χ1v) is 11.7. The predicted molar refractivity (Wildman–Crippen MR) is 124 cm³/mol. The Hall–Kier alpha value is -2.58. The molecule has 0 radical (unpaired) electrons. The summed E-state index contributed by atoms with van der Waals surface area (Å²) < 4.78 is 5.32. The number of anilines is 2. The van der Waals surface area contributed by atoms with E-state index in [4.69, 9.17) is 10.5 Å². The number of nitrogens with two attached hydrogens (primary N) is 1. The van der Waals surface area contributed by atoms with E-state index in [1.54, 1.807) is 7.11 Å². The highest BCUT2D eigenvalue weighted by Crippen LogP contribution is 2.38. The van der Waals surface area contributed by atoms with E-state index in [2.05, 4.69) is 27.2 Å². The number of carbonyl (C=O) groups excluding carboxylic acids is 2. The average molecular weight is 443 g/mol. The first kappa shape index (κ1) is 21.6. The number of fused-ring (bicyclic) bond motifs is 1. The maximum atomic E-state index is 12.6. The maximum Gasteiger partial charge on any atom is 0.251 e. The molecule has 1 aliphatic heterocycles. The fourth-order valence-corrected chi connectivity index (χ4v) is 5.71. The highest BCUT2D eigenvalue weighted by atomic mass is 32.1. The van der Waals surface area contributed by atoms with Crippen LogP contribution in [0.5, 0.6) is 5.75 Å². The lowest BCUT2D eigenvalue weighted by molar-refractivity contribution is -0.116. The van der Waals surface area contributed by atoms with E-state index in [9.17, 15) is 9.59 Å². The third-order valence-electron chi connectivity index (χ3n) is 6.12. The molecular weight excluding hydrogens is 412 g/mol. The zero-order chi connectivity index (χ0) is 21.8. The van der Waals surface area contributed by atoms with Crippen LogP contribution in [-0.2, 0) is 17.6 Å². The van der Waals surface area contributed by atoms with Crippen LogP contribution in [0.1, 0.15) is 40.1 Å². The van der Waals surface area contributed by atoms with Gasteiger partial charge in [-0.15, -0.1) is 11.3 Å². The lowest BCUT2D eigenvalue weighted by Crippen LogP contribution is -2.47. The molecule has 1 saturated heterocycles. The number of amides is 2. The number of benzene rings is 1. The zero-order valence-corrected chi connectivity index (χ0v) is 18.8. The van der Waals surface area contributed by atoms with E-state index in [1.807, 2.05) is 12.1 Å². The van der Waals surface area contributed by atoms with Gasteiger partial charge in [0.25, 0.3) is 5.91 Å². The summed E-state index contributed by atoms with van der Waals surface area (Å²) in [7, 11) is 1.68. The van der Waals surface area contributed by atoms with Crippen molar-refractivity contribution in [1.82, 2.24) is 4.90 Å². The minimum atomic E-state index is -0.441. The molecule has 1 aromatic heterocycles. The van der Waals surface area contributed by atoms with Crippen molar-refractivity contribution in [3.63, 3.8) is 0 Å². The zero-order valence-electron chi connectivity index (χ0n) is 18.0. The normalized spacial score (nSPS) is 16.6. The Balaban J connectivity index is 1.28. The molecule has 4 rings (SSSR count). The highest BCUT2D eigenvalue weighted by Gasteiger charge is 2.25. The van der Waals surface area contributed by atoms with Gasteiger partial charge in [-0.1, -0.05) is 6.07 Å². The lowest BCUT2D eigenvalue weighted by atomic mass is 9.95. The van der Waals surface area contributed by atoms with Gasteiger partial charge in [-0.25, -0.2) is 0 Å². The molecule has 1 fully saturated rings. The number of methoxy groups -OCH3 is 1. The summed E-state index contributed by atoms with van der Waals surface area (Å²) in [5.41, 5.74) is 8.37. The summed E-state index contributed by atoms with van der Waals surface area (Å²) in [4.78, 5) is 30.4. The van der Waals surface area contributed by atoms with E-state index in [0.717, 1.165) is 68.9 Å². The molecule has 166 valence electrons. The molecule has 0 saturated carbocycles. The minimum absolute atomic E-state index is 0.0590. The summed E-state index contributed by atoms with van der Waals surface area (Å²) in [5, 5.41) is 3.60. The molecule has 7 nitrogen and oxygen atoms in total. The van der Waals surface area contributed by atoms with Crippen molar-refractivity contribution in [2.24, 2.45) is 5.73 Å². The van der Waals surface area contributed by atoms with E-state index < -0.39 is 5.91 Å². The van der Waals surface area contributed by atoms with E-state index in [0.29, 0.717) is 23.5 Å². The van der Waals surface area contributed by atoms with Crippen LogP contribution in [0.2, 0.25) is 0 Å². The number of primary amides is 1. The quantitative estimate of drug-likeness (QED) is 0.688. The molecule has 1 aliphatic carbocycles. The third kappa shape index (κ3) is 5.02. The molecule has 3 N–H and O–H groups in total. The number of ether oxygens (including phenoxy) is 1. The molecule has 0 atom stereocenters. The second-order valence-electron chi connectivity index (χ2n) is 8.11. The third-order valence-corrected chi connectivity index (χ3v) is 7.32. The number of piperazine rings is 1. The van der Waals surface area contributed by atoms with Gasteiger partial charge >= 0.3 is 0 Å². The standard InChI is InChI=1S/C23H30N4O3S/c1-30-17-6-4-5-16(15-17)27-13-11-26(12-14-27)10-9-20(28)25-23-21(22(24)29)18-7-2-3-8-19(18)31-23/h4-6,15H,2-3,7-14H2,1H3,(H2,24,29)(H,25,28). The van der Waals surface area contributed by atoms with Crippen LogP contribution in [-0.4, -0.2) is 56.5 Å². The fraction of sp³-hybridized carbons (Fsp3) is 0.478. The van der Waals surface area contributed by atoms with Crippen molar-refractivity contribution < 1.29 is 14.3 Å². The summed E-state index contributed by atoms with van der Waals surface area (Å²) >= 11 is 1.52. The number of rotatable bonds is 7. The number of nitrogens with one attached hydrogen (secondary N) is 1. The molecule has 31 heavy (non-hydrogen) atoms. The molecule has 2 aliphatic rings. The van der Waals surface area contributed by atoms with Crippen LogP contribution < -0.4 is 20.7 Å². The van der Waals surface area contributed by atoms with Crippen molar-refractivity contribution >= 4 is 33.8 Å². The van der Waals surface area contributed by atoms with E-state index in [-0.39, 0.29) is 5.91 Å². The molecule has 2 heterocycles. The van der Waals surface area contributed by atoms with Crippen LogP contribution in [0.4, 0.5) is 10.7 Å². The first-order chi connectivity index (χ1) is 15.0. The topological polar surface area (TPSA) is 87.9 Å². The molecule has 8 heteroatoms. The molecule has 1 aromatic carbocycles. The Morgan fingerprint density at radius 2 is 1.94 bits per heavy atom. The second kappa shape index (κ2) is 9.70. The van der Waals surface area contributed by atoms with Crippen molar-refractivity contribution in [3.8, 4) is 5.75 Å². The van der Waals surface area contributed by atoms with Gasteiger partial charge < -0.3 is 20.7 Å². The Morgan fingerprint density at radius 1 is 1.16 bits per heavy atom. The average Bonchev–Trinajstić information content (AvgIpc) is 3.16. The Kier molecular flexibility index (Phi) is 6.77. The van der Waals surface area contributed by atoms with Gasteiger partial charge in [0.15, 0.2) is 0 Å². The van der Waals surface area contributed by atoms with Crippen LogP contribution in [0.15, 0.2) is 24.3 Å². The maximum absolute atomic E-state index is 12.6. The smallest absolute Gasteiger partial charge is 0.251 e. The van der Waals surface area contributed by atoms with Crippen molar-refractivity contribution in [2.45, 2.75) is 32.1 Å². The molecule has 2 aromatic rings. The van der Waals surface area contributed by atoms with Crippen LogP contribution in [0.3, 0.4) is 0 Å². The molecule has 0 spiro atoms. The summed E-state index contributed by atoms with van der Waals surface area (Å²) in [6.45, 7) is 4.35. The largest absolute Gasteiger partial charge is 0.497 e.